The van der Waals surface area contributed by atoms with Gasteiger partial charge in [-0.1, -0.05) is 41.9 Å². The second-order valence-electron chi connectivity index (χ2n) is 6.89. The first kappa shape index (κ1) is 18.1. The average Bonchev–Trinajstić information content (AvgIpc) is 3.24. The minimum Gasteiger partial charge on any atom is -0.340 e. The summed E-state index contributed by atoms with van der Waals surface area (Å²) in [6.07, 6.45) is 3.82. The van der Waals surface area contributed by atoms with E-state index in [1.54, 1.807) is 0 Å². The summed E-state index contributed by atoms with van der Waals surface area (Å²) in [6.45, 7) is 4.94. The van der Waals surface area contributed by atoms with Crippen LogP contribution in [0.1, 0.15) is 38.6 Å². The fourth-order valence-electron chi connectivity index (χ4n) is 3.52. The van der Waals surface area contributed by atoms with Gasteiger partial charge in [0.25, 0.3) is 0 Å². The molecule has 0 spiro atoms. The molecule has 2 heterocycles. The molecule has 134 valence electrons. The Morgan fingerprint density at radius 2 is 2.08 bits per heavy atom. The van der Waals surface area contributed by atoms with Gasteiger partial charge in [-0.25, -0.2) is 4.98 Å². The third-order valence-corrected chi connectivity index (χ3v) is 5.37. The molecule has 0 radical (unpaired) electrons. The first-order valence-corrected chi connectivity index (χ1v) is 9.59. The Labute approximate surface area is 157 Å². The number of nitrogens with zero attached hydrogens (tertiary/aromatic N) is 2. The van der Waals surface area contributed by atoms with Crippen molar-refractivity contribution in [2.24, 2.45) is 5.92 Å². The Hall–Kier alpha value is -1.66. The van der Waals surface area contributed by atoms with E-state index in [4.69, 9.17) is 0 Å². The van der Waals surface area contributed by atoms with Gasteiger partial charge in [-0.15, -0.1) is 0 Å². The van der Waals surface area contributed by atoms with E-state index in [0.29, 0.717) is 0 Å². The zero-order chi connectivity index (χ0) is 18.0. The summed E-state index contributed by atoms with van der Waals surface area (Å²) in [4.78, 5) is 22.9. The number of H-pyrrole nitrogens is 1. The molecule has 1 amide bonds. The molecule has 1 aliphatic heterocycles. The van der Waals surface area contributed by atoms with Gasteiger partial charge in [-0.05, 0) is 43.5 Å². The van der Waals surface area contributed by atoms with E-state index >= 15 is 0 Å². The Balaban J connectivity index is 1.81. The summed E-state index contributed by atoms with van der Waals surface area (Å²) in [5.74, 6) is 1.30. The lowest BCUT2D eigenvalue weighted by molar-refractivity contribution is -0.135. The van der Waals surface area contributed by atoms with Crippen LogP contribution in [0.15, 0.2) is 34.9 Å². The van der Waals surface area contributed by atoms with E-state index in [1.165, 1.54) is 0 Å². The van der Waals surface area contributed by atoms with Crippen molar-refractivity contribution in [3.05, 3.63) is 40.8 Å². The van der Waals surface area contributed by atoms with Crippen molar-refractivity contribution in [2.75, 3.05) is 13.6 Å². The van der Waals surface area contributed by atoms with Crippen molar-refractivity contribution in [1.29, 1.82) is 0 Å². The Morgan fingerprint density at radius 3 is 2.72 bits per heavy atom. The standard InChI is InChI=1S/C19H25BrN4O/c1-12(2)17(21-3)19(25)24-10-4-5-16(24)18-22-11-15(23-18)13-6-8-14(20)9-7-13/h6-9,11-12,16-17,21H,4-5,10H2,1-3H3,(H,22,23). The first-order chi connectivity index (χ1) is 12.0. The van der Waals surface area contributed by atoms with Crippen LogP contribution in [0.3, 0.4) is 0 Å². The fraction of sp³-hybridized carbons (Fsp3) is 0.474. The summed E-state index contributed by atoms with van der Waals surface area (Å²) in [6, 6.07) is 8.01. The van der Waals surface area contributed by atoms with Crippen molar-refractivity contribution >= 4 is 21.8 Å². The van der Waals surface area contributed by atoms with Crippen molar-refractivity contribution < 1.29 is 4.79 Å². The minimum absolute atomic E-state index is 0.0336. The number of carbonyl (C=O) groups is 1. The van der Waals surface area contributed by atoms with Crippen LogP contribution < -0.4 is 5.32 Å². The van der Waals surface area contributed by atoms with Gasteiger partial charge in [0, 0.05) is 11.0 Å². The highest BCUT2D eigenvalue weighted by atomic mass is 79.9. The molecule has 2 N–H and O–H groups in total. The van der Waals surface area contributed by atoms with Crippen LogP contribution in [0.4, 0.5) is 0 Å². The molecule has 1 aliphatic rings. The van der Waals surface area contributed by atoms with E-state index in [1.807, 2.05) is 30.3 Å². The lowest BCUT2D eigenvalue weighted by Crippen LogP contribution is -2.47. The predicted molar refractivity (Wildman–Crippen MR) is 103 cm³/mol. The van der Waals surface area contributed by atoms with Crippen LogP contribution in [0, 0.1) is 5.92 Å². The maximum Gasteiger partial charge on any atom is 0.240 e. The van der Waals surface area contributed by atoms with E-state index in [9.17, 15) is 4.79 Å². The molecule has 1 aromatic carbocycles. The van der Waals surface area contributed by atoms with Gasteiger partial charge in [0.1, 0.15) is 5.82 Å². The quantitative estimate of drug-likeness (QED) is 0.797. The molecule has 0 saturated carbocycles. The number of aromatic nitrogens is 2. The number of halogens is 1. The van der Waals surface area contributed by atoms with E-state index in [0.717, 1.165) is 40.9 Å². The largest absolute Gasteiger partial charge is 0.340 e. The molecule has 1 aromatic heterocycles. The fourth-order valence-corrected chi connectivity index (χ4v) is 3.78. The normalized spacial score (nSPS) is 18.8. The molecule has 2 unspecified atom stereocenters. The van der Waals surface area contributed by atoms with Gasteiger partial charge < -0.3 is 15.2 Å². The lowest BCUT2D eigenvalue weighted by atomic mass is 10.0. The molecule has 0 bridgehead atoms. The molecule has 1 fully saturated rings. The van der Waals surface area contributed by atoms with E-state index in [-0.39, 0.29) is 23.9 Å². The van der Waals surface area contributed by atoms with Gasteiger partial charge in [-0.3, -0.25) is 4.79 Å². The van der Waals surface area contributed by atoms with Gasteiger partial charge in [0.15, 0.2) is 0 Å². The number of hydrogen-bond donors (Lipinski definition) is 2. The topological polar surface area (TPSA) is 61.0 Å². The summed E-state index contributed by atoms with van der Waals surface area (Å²) < 4.78 is 1.05. The third kappa shape index (κ3) is 3.80. The second-order valence-corrected chi connectivity index (χ2v) is 7.80. The van der Waals surface area contributed by atoms with Crippen LogP contribution in [-0.4, -0.2) is 40.4 Å². The molecule has 6 heteroatoms. The van der Waals surface area contributed by atoms with Gasteiger partial charge >= 0.3 is 0 Å². The summed E-state index contributed by atoms with van der Waals surface area (Å²) >= 11 is 3.46. The minimum atomic E-state index is -0.151. The summed E-state index contributed by atoms with van der Waals surface area (Å²) in [5, 5.41) is 3.16. The highest BCUT2D eigenvalue weighted by Crippen LogP contribution is 2.32. The zero-order valence-corrected chi connectivity index (χ0v) is 16.5. The molecule has 25 heavy (non-hydrogen) atoms. The number of amides is 1. The third-order valence-electron chi connectivity index (χ3n) is 4.85. The molecule has 0 aliphatic carbocycles. The number of imidazole rings is 1. The van der Waals surface area contributed by atoms with Crippen LogP contribution in [-0.2, 0) is 4.79 Å². The number of likely N-dealkylation sites (tertiary alicyclic amines) is 1. The van der Waals surface area contributed by atoms with E-state index in [2.05, 4.69) is 57.2 Å². The molecule has 2 atom stereocenters. The number of aromatic amines is 1. The van der Waals surface area contributed by atoms with Crippen molar-refractivity contribution in [2.45, 2.75) is 38.8 Å². The second kappa shape index (κ2) is 7.70. The lowest BCUT2D eigenvalue weighted by Gasteiger charge is -2.29. The highest BCUT2D eigenvalue weighted by Gasteiger charge is 2.35. The number of carbonyl (C=O) groups excluding carboxylic acids is 1. The van der Waals surface area contributed by atoms with Gasteiger partial charge in [0.2, 0.25) is 5.91 Å². The van der Waals surface area contributed by atoms with Crippen molar-refractivity contribution in [3.8, 4) is 11.3 Å². The first-order valence-electron chi connectivity index (χ1n) is 8.80. The Kier molecular flexibility index (Phi) is 5.59. The van der Waals surface area contributed by atoms with Gasteiger partial charge in [-0.2, -0.15) is 0 Å². The summed E-state index contributed by atoms with van der Waals surface area (Å²) in [7, 11) is 1.85. The average molecular weight is 405 g/mol. The number of hydrogen-bond acceptors (Lipinski definition) is 3. The van der Waals surface area contributed by atoms with E-state index < -0.39 is 0 Å². The maximum absolute atomic E-state index is 12.9. The van der Waals surface area contributed by atoms with Crippen LogP contribution in [0.5, 0.6) is 0 Å². The molecule has 2 aromatic rings. The number of rotatable bonds is 5. The summed E-state index contributed by atoms with van der Waals surface area (Å²) in [5.41, 5.74) is 2.07. The number of likely N-dealkylation sites (N-methyl/N-ethyl adjacent to an activating group) is 1. The van der Waals surface area contributed by atoms with Crippen LogP contribution >= 0.6 is 15.9 Å². The van der Waals surface area contributed by atoms with Gasteiger partial charge in [0.05, 0.1) is 24.0 Å². The zero-order valence-electron chi connectivity index (χ0n) is 14.9. The molecule has 3 rings (SSSR count). The molecule has 1 saturated heterocycles. The molecule has 5 nitrogen and oxygen atoms in total. The van der Waals surface area contributed by atoms with Crippen molar-refractivity contribution in [3.63, 3.8) is 0 Å². The Bertz CT molecular complexity index is 725. The monoisotopic (exact) mass is 404 g/mol. The molecular formula is C19H25BrN4O. The Morgan fingerprint density at radius 1 is 1.36 bits per heavy atom. The smallest absolute Gasteiger partial charge is 0.240 e. The van der Waals surface area contributed by atoms with Crippen LogP contribution in [0.2, 0.25) is 0 Å². The van der Waals surface area contributed by atoms with Crippen LogP contribution in [0.25, 0.3) is 11.3 Å². The number of nitrogens with one attached hydrogen (secondary N) is 2. The number of benzene rings is 1. The highest BCUT2D eigenvalue weighted by molar-refractivity contribution is 9.10. The maximum atomic E-state index is 12.9. The molecular weight excluding hydrogens is 380 g/mol. The SMILES string of the molecule is CNC(C(=O)N1CCCC1c1ncc(-c2ccc(Br)cc2)[nH]1)C(C)C. The predicted octanol–water partition coefficient (Wildman–Crippen LogP) is 3.75. The van der Waals surface area contributed by atoms with Crippen molar-refractivity contribution in [1.82, 2.24) is 20.2 Å².